The minimum Gasteiger partial charge on any atom is -0.392 e. The van der Waals surface area contributed by atoms with Gasteiger partial charge in [0.2, 0.25) is 10.0 Å². The molecule has 0 bridgehead atoms. The van der Waals surface area contributed by atoms with Crippen LogP contribution in [0, 0.1) is 0 Å². The number of nitrogens with one attached hydrogen (secondary N) is 1. The van der Waals surface area contributed by atoms with E-state index >= 15 is 0 Å². The van der Waals surface area contributed by atoms with E-state index in [0.29, 0.717) is 6.54 Å². The van der Waals surface area contributed by atoms with E-state index in [1.165, 1.54) is 12.1 Å². The second-order valence-corrected chi connectivity index (χ2v) is 5.65. The molecule has 1 rings (SSSR count). The van der Waals surface area contributed by atoms with Gasteiger partial charge in [0.1, 0.15) is 0 Å². The maximum Gasteiger partial charge on any atom is 0.238 e. The number of nitrogens with two attached hydrogens (primary N) is 1. The summed E-state index contributed by atoms with van der Waals surface area (Å²) in [6.45, 7) is 4.12. The zero-order valence-electron chi connectivity index (χ0n) is 9.92. The van der Waals surface area contributed by atoms with Gasteiger partial charge in [-0.2, -0.15) is 0 Å². The van der Waals surface area contributed by atoms with Crippen LogP contribution in [-0.2, 0) is 10.0 Å². The Morgan fingerprint density at radius 1 is 1.29 bits per heavy atom. The van der Waals surface area contributed by atoms with E-state index in [1.807, 2.05) is 6.92 Å². The zero-order chi connectivity index (χ0) is 13.1. The first kappa shape index (κ1) is 14.1. The van der Waals surface area contributed by atoms with Crippen molar-refractivity contribution >= 4 is 10.0 Å². The van der Waals surface area contributed by atoms with Crippen LogP contribution in [-0.4, -0.2) is 26.2 Å². The Morgan fingerprint density at radius 3 is 2.24 bits per heavy atom. The van der Waals surface area contributed by atoms with E-state index in [9.17, 15) is 8.42 Å². The molecule has 0 heterocycles. The molecule has 0 fully saturated rings. The van der Waals surface area contributed by atoms with Crippen LogP contribution in [0.15, 0.2) is 29.2 Å². The molecule has 0 aliphatic heterocycles. The minimum atomic E-state index is -3.63. The number of primary sulfonamides is 1. The van der Waals surface area contributed by atoms with E-state index in [4.69, 9.17) is 10.2 Å². The Balaban J connectivity index is 2.74. The topological polar surface area (TPSA) is 92.4 Å². The Morgan fingerprint density at radius 2 is 1.82 bits per heavy atom. The summed E-state index contributed by atoms with van der Waals surface area (Å²) in [5.74, 6) is 0. The molecule has 5 nitrogen and oxygen atoms in total. The highest BCUT2D eigenvalue weighted by atomic mass is 32.2. The predicted octanol–water partition coefficient (Wildman–Crippen LogP) is 0.365. The molecule has 4 N–H and O–H groups in total. The number of aliphatic hydroxyl groups excluding tert-OH is 1. The number of sulfonamides is 1. The lowest BCUT2D eigenvalue weighted by atomic mass is 10.1. The van der Waals surface area contributed by atoms with Crippen LogP contribution in [0.5, 0.6) is 0 Å². The monoisotopic (exact) mass is 258 g/mol. The van der Waals surface area contributed by atoms with Crippen molar-refractivity contribution in [3.63, 3.8) is 0 Å². The lowest BCUT2D eigenvalue weighted by Gasteiger charge is -2.15. The first-order chi connectivity index (χ1) is 7.80. The number of rotatable bonds is 5. The third-order valence-corrected chi connectivity index (χ3v) is 3.36. The molecule has 0 aliphatic carbocycles. The van der Waals surface area contributed by atoms with Gasteiger partial charge < -0.3 is 10.4 Å². The van der Waals surface area contributed by atoms with E-state index in [1.54, 1.807) is 19.1 Å². The zero-order valence-corrected chi connectivity index (χ0v) is 10.7. The van der Waals surface area contributed by atoms with E-state index in [0.717, 1.165) is 5.56 Å². The first-order valence-corrected chi connectivity index (χ1v) is 6.89. The van der Waals surface area contributed by atoms with Gasteiger partial charge in [-0.15, -0.1) is 0 Å². The molecule has 0 saturated heterocycles. The normalized spacial score (nSPS) is 15.5. The van der Waals surface area contributed by atoms with Gasteiger partial charge in [-0.3, -0.25) is 0 Å². The van der Waals surface area contributed by atoms with Gasteiger partial charge in [0.05, 0.1) is 11.0 Å². The molecular formula is C11H18N2O3S. The van der Waals surface area contributed by atoms with Crippen LogP contribution in [0.1, 0.15) is 25.5 Å². The lowest BCUT2D eigenvalue weighted by Crippen LogP contribution is -2.27. The SMILES string of the molecule is CC(O)CNC(C)c1ccc(S(N)(=O)=O)cc1. The molecule has 17 heavy (non-hydrogen) atoms. The van der Waals surface area contributed by atoms with Crippen molar-refractivity contribution in [3.05, 3.63) is 29.8 Å². The summed E-state index contributed by atoms with van der Waals surface area (Å²) in [6.07, 6.45) is -0.416. The van der Waals surface area contributed by atoms with Crippen LogP contribution in [0.3, 0.4) is 0 Å². The fourth-order valence-electron chi connectivity index (χ4n) is 1.41. The molecule has 1 aromatic carbocycles. The van der Waals surface area contributed by atoms with Crippen molar-refractivity contribution in [1.82, 2.24) is 5.32 Å². The van der Waals surface area contributed by atoms with Gasteiger partial charge in [-0.05, 0) is 31.5 Å². The molecule has 0 aliphatic rings. The predicted molar refractivity (Wildman–Crippen MR) is 65.9 cm³/mol. The van der Waals surface area contributed by atoms with Gasteiger partial charge in [0.15, 0.2) is 0 Å². The van der Waals surface area contributed by atoms with Crippen LogP contribution < -0.4 is 10.5 Å². The summed E-state index contributed by atoms with van der Waals surface area (Å²) in [4.78, 5) is 0.101. The average Bonchev–Trinajstić information content (AvgIpc) is 2.25. The van der Waals surface area contributed by atoms with Crippen LogP contribution in [0.2, 0.25) is 0 Å². The largest absolute Gasteiger partial charge is 0.392 e. The van der Waals surface area contributed by atoms with Crippen molar-refractivity contribution in [1.29, 1.82) is 0 Å². The van der Waals surface area contributed by atoms with Crippen LogP contribution in [0.4, 0.5) is 0 Å². The van der Waals surface area contributed by atoms with Crippen molar-refractivity contribution < 1.29 is 13.5 Å². The van der Waals surface area contributed by atoms with Gasteiger partial charge in [0.25, 0.3) is 0 Å². The maximum absolute atomic E-state index is 11.1. The standard InChI is InChI=1S/C11H18N2O3S/c1-8(14)7-13-9(2)10-3-5-11(6-4-10)17(12,15)16/h3-6,8-9,13-14H,7H2,1-2H3,(H2,12,15,16). The average molecular weight is 258 g/mol. The number of hydrogen-bond acceptors (Lipinski definition) is 4. The second kappa shape index (κ2) is 5.59. The molecule has 0 radical (unpaired) electrons. The van der Waals surface area contributed by atoms with Gasteiger partial charge in [-0.25, -0.2) is 13.6 Å². The van der Waals surface area contributed by atoms with Crippen LogP contribution >= 0.6 is 0 Å². The summed E-state index contributed by atoms with van der Waals surface area (Å²) >= 11 is 0. The Bertz CT molecular complexity index is 454. The number of aliphatic hydroxyl groups is 1. The van der Waals surface area contributed by atoms with Crippen molar-refractivity contribution in [2.75, 3.05) is 6.54 Å². The fraction of sp³-hybridized carbons (Fsp3) is 0.455. The summed E-state index contributed by atoms with van der Waals surface area (Å²) in [6, 6.07) is 6.41. The number of benzene rings is 1. The highest BCUT2D eigenvalue weighted by Gasteiger charge is 2.10. The highest BCUT2D eigenvalue weighted by molar-refractivity contribution is 7.89. The third-order valence-electron chi connectivity index (χ3n) is 2.43. The lowest BCUT2D eigenvalue weighted by molar-refractivity contribution is 0.187. The Labute approximate surface area is 102 Å². The molecule has 2 unspecified atom stereocenters. The van der Waals surface area contributed by atoms with E-state index in [-0.39, 0.29) is 10.9 Å². The molecular weight excluding hydrogens is 240 g/mol. The summed E-state index contributed by atoms with van der Waals surface area (Å²) in [7, 11) is -3.63. The van der Waals surface area contributed by atoms with Crippen molar-refractivity contribution in [3.8, 4) is 0 Å². The molecule has 2 atom stereocenters. The summed E-state index contributed by atoms with van der Waals surface area (Å²) in [5.41, 5.74) is 0.943. The minimum absolute atomic E-state index is 0.0409. The summed E-state index contributed by atoms with van der Waals surface area (Å²) < 4.78 is 22.1. The molecule has 6 heteroatoms. The third kappa shape index (κ3) is 4.43. The fourth-order valence-corrected chi connectivity index (χ4v) is 1.93. The highest BCUT2D eigenvalue weighted by Crippen LogP contribution is 2.15. The molecule has 96 valence electrons. The molecule has 0 saturated carbocycles. The van der Waals surface area contributed by atoms with E-state index in [2.05, 4.69) is 5.32 Å². The quantitative estimate of drug-likeness (QED) is 0.711. The molecule has 0 spiro atoms. The van der Waals surface area contributed by atoms with Gasteiger partial charge in [-0.1, -0.05) is 12.1 Å². The molecule has 0 aromatic heterocycles. The second-order valence-electron chi connectivity index (χ2n) is 4.09. The summed E-state index contributed by atoms with van der Waals surface area (Å²) in [5, 5.41) is 17.3. The molecule has 0 amide bonds. The number of hydrogen-bond donors (Lipinski definition) is 3. The van der Waals surface area contributed by atoms with E-state index < -0.39 is 16.1 Å². The van der Waals surface area contributed by atoms with Crippen molar-refractivity contribution in [2.24, 2.45) is 5.14 Å². The first-order valence-electron chi connectivity index (χ1n) is 5.35. The van der Waals surface area contributed by atoms with Gasteiger partial charge in [0, 0.05) is 12.6 Å². The van der Waals surface area contributed by atoms with Crippen molar-refractivity contribution in [2.45, 2.75) is 30.9 Å². The Hall–Kier alpha value is -0.950. The maximum atomic E-state index is 11.1. The van der Waals surface area contributed by atoms with Gasteiger partial charge >= 0.3 is 0 Å². The Kier molecular flexibility index (Phi) is 4.64. The molecule has 1 aromatic rings. The van der Waals surface area contributed by atoms with Crippen LogP contribution in [0.25, 0.3) is 0 Å². The smallest absolute Gasteiger partial charge is 0.238 e.